The van der Waals surface area contributed by atoms with Gasteiger partial charge in [-0.2, -0.15) is 0 Å². The molecule has 1 aliphatic carbocycles. The van der Waals surface area contributed by atoms with Crippen molar-refractivity contribution >= 4 is 23.7 Å². The summed E-state index contributed by atoms with van der Waals surface area (Å²) in [6.07, 6.45) is 4.37. The first-order valence-electron chi connectivity index (χ1n) is 9.92. The molecule has 1 aliphatic heterocycles. The minimum absolute atomic E-state index is 0.00802. The van der Waals surface area contributed by atoms with Crippen molar-refractivity contribution in [3.05, 3.63) is 18.3 Å². The van der Waals surface area contributed by atoms with E-state index in [1.165, 1.54) is 4.90 Å². The number of pyridine rings is 1. The van der Waals surface area contributed by atoms with Crippen molar-refractivity contribution in [2.75, 3.05) is 29.4 Å². The van der Waals surface area contributed by atoms with Gasteiger partial charge >= 0.3 is 12.2 Å². The lowest BCUT2D eigenvalue weighted by molar-refractivity contribution is 0.0500. The maximum absolute atomic E-state index is 12.0. The third-order valence-corrected chi connectivity index (χ3v) is 4.88. The topological polar surface area (TPSA) is 95.0 Å². The van der Waals surface area contributed by atoms with Gasteiger partial charge in [-0.25, -0.2) is 14.6 Å². The summed E-state index contributed by atoms with van der Waals surface area (Å²) >= 11 is 0. The van der Waals surface area contributed by atoms with Crippen molar-refractivity contribution in [3.8, 4) is 0 Å². The number of carbonyl (C=O) groups is 2. The van der Waals surface area contributed by atoms with Gasteiger partial charge in [-0.15, -0.1) is 0 Å². The summed E-state index contributed by atoms with van der Waals surface area (Å²) in [5, 5.41) is 12.4. The van der Waals surface area contributed by atoms with Crippen LogP contribution in [-0.2, 0) is 4.74 Å². The van der Waals surface area contributed by atoms with Crippen LogP contribution >= 0.6 is 0 Å². The molecule has 1 aromatic heterocycles. The fourth-order valence-electron chi connectivity index (χ4n) is 3.36. The van der Waals surface area contributed by atoms with Crippen LogP contribution in [0.15, 0.2) is 18.3 Å². The van der Waals surface area contributed by atoms with E-state index in [-0.39, 0.29) is 6.04 Å². The van der Waals surface area contributed by atoms with Crippen molar-refractivity contribution in [3.63, 3.8) is 0 Å². The van der Waals surface area contributed by atoms with Crippen LogP contribution in [-0.4, -0.2) is 53.6 Å². The minimum Gasteiger partial charge on any atom is -0.465 e. The number of nitrogens with zero attached hydrogens (tertiary/aromatic N) is 3. The second-order valence-electron chi connectivity index (χ2n) is 8.64. The molecule has 1 atom stereocenters. The monoisotopic (exact) mass is 390 g/mol. The highest BCUT2D eigenvalue weighted by Crippen LogP contribution is 2.31. The lowest BCUT2D eigenvalue weighted by atomic mass is 10.1. The Kier molecular flexibility index (Phi) is 5.96. The molecule has 0 aromatic carbocycles. The average Bonchev–Trinajstić information content (AvgIpc) is 3.42. The predicted molar refractivity (Wildman–Crippen MR) is 107 cm³/mol. The molecule has 1 saturated carbocycles. The van der Waals surface area contributed by atoms with E-state index in [2.05, 4.69) is 15.2 Å². The van der Waals surface area contributed by atoms with E-state index in [1.807, 2.05) is 26.8 Å². The molecule has 0 bridgehead atoms. The Bertz CT molecular complexity index is 697. The molecule has 1 aromatic rings. The van der Waals surface area contributed by atoms with Gasteiger partial charge < -0.3 is 20.1 Å². The average molecular weight is 390 g/mol. The van der Waals surface area contributed by atoms with Crippen LogP contribution in [0.5, 0.6) is 0 Å². The van der Waals surface area contributed by atoms with Gasteiger partial charge in [0.05, 0.1) is 11.9 Å². The van der Waals surface area contributed by atoms with E-state index in [9.17, 15) is 14.7 Å². The maximum Gasteiger partial charge on any atom is 0.413 e. The molecular weight excluding hydrogens is 360 g/mol. The molecule has 3 rings (SSSR count). The Labute approximate surface area is 165 Å². The summed E-state index contributed by atoms with van der Waals surface area (Å²) in [6, 6.07) is 3.67. The Morgan fingerprint density at radius 1 is 1.32 bits per heavy atom. The summed E-state index contributed by atoms with van der Waals surface area (Å²) in [4.78, 5) is 31.4. The van der Waals surface area contributed by atoms with Crippen molar-refractivity contribution in [1.82, 2.24) is 10.3 Å². The highest BCUT2D eigenvalue weighted by atomic mass is 16.6. The second-order valence-corrected chi connectivity index (χ2v) is 8.64. The predicted octanol–water partition coefficient (Wildman–Crippen LogP) is 3.47. The summed E-state index contributed by atoms with van der Waals surface area (Å²) in [5.74, 6) is 0.919. The van der Waals surface area contributed by atoms with Gasteiger partial charge in [-0.1, -0.05) is 0 Å². The van der Waals surface area contributed by atoms with Gasteiger partial charge in [0.25, 0.3) is 0 Å². The third-order valence-electron chi connectivity index (χ3n) is 4.88. The molecule has 2 heterocycles. The number of alkyl carbamates (subject to hydrolysis) is 1. The lowest BCUT2D eigenvalue weighted by Gasteiger charge is -2.35. The largest absolute Gasteiger partial charge is 0.465 e. The second kappa shape index (κ2) is 8.24. The van der Waals surface area contributed by atoms with Crippen LogP contribution in [0.4, 0.5) is 21.1 Å². The quantitative estimate of drug-likeness (QED) is 0.799. The lowest BCUT2D eigenvalue weighted by Crippen LogP contribution is -2.49. The molecule has 2 fully saturated rings. The van der Waals surface area contributed by atoms with Crippen LogP contribution in [0.3, 0.4) is 0 Å². The van der Waals surface area contributed by atoms with E-state index >= 15 is 0 Å². The van der Waals surface area contributed by atoms with Gasteiger partial charge in [0, 0.05) is 25.7 Å². The van der Waals surface area contributed by atoms with Crippen molar-refractivity contribution in [1.29, 1.82) is 0 Å². The van der Waals surface area contributed by atoms with Crippen LogP contribution in [0.1, 0.15) is 46.5 Å². The number of piperidine rings is 1. The zero-order valence-corrected chi connectivity index (χ0v) is 16.9. The molecule has 154 valence electrons. The van der Waals surface area contributed by atoms with Gasteiger partial charge in [0.1, 0.15) is 11.4 Å². The number of hydrogen-bond acceptors (Lipinski definition) is 5. The Morgan fingerprint density at radius 2 is 2.07 bits per heavy atom. The molecule has 2 N–H and O–H groups in total. The van der Waals surface area contributed by atoms with E-state index in [1.54, 1.807) is 12.3 Å². The number of nitrogens with one attached hydrogen (secondary N) is 1. The number of amides is 2. The molecular formula is C20H30N4O4. The molecule has 0 radical (unpaired) electrons. The third kappa shape index (κ3) is 5.74. The first-order valence-corrected chi connectivity index (χ1v) is 9.92. The van der Waals surface area contributed by atoms with Crippen LogP contribution in [0.25, 0.3) is 0 Å². The van der Waals surface area contributed by atoms with Crippen molar-refractivity contribution in [2.24, 2.45) is 5.92 Å². The molecule has 1 saturated heterocycles. The van der Waals surface area contributed by atoms with Crippen LogP contribution in [0.2, 0.25) is 0 Å². The molecule has 2 amide bonds. The normalized spacial score (nSPS) is 19.8. The highest BCUT2D eigenvalue weighted by Gasteiger charge is 2.29. The minimum atomic E-state index is -0.966. The smallest absolute Gasteiger partial charge is 0.413 e. The summed E-state index contributed by atoms with van der Waals surface area (Å²) < 4.78 is 5.34. The van der Waals surface area contributed by atoms with E-state index in [0.717, 1.165) is 37.9 Å². The first-order chi connectivity index (χ1) is 13.2. The van der Waals surface area contributed by atoms with Crippen LogP contribution in [0, 0.1) is 5.92 Å². The van der Waals surface area contributed by atoms with E-state index < -0.39 is 17.8 Å². The molecule has 8 nitrogen and oxygen atoms in total. The Hall–Kier alpha value is -2.51. The fraction of sp³-hybridized carbons (Fsp3) is 0.650. The number of carboxylic acid groups (broad SMARTS) is 1. The SMILES string of the molecule is CC(C)(C)OC(=O)N[C@H]1CCCN(c2ccc(N(CC3CC3)C(=O)O)nc2)C1. The van der Waals surface area contributed by atoms with E-state index in [4.69, 9.17) is 4.74 Å². The summed E-state index contributed by atoms with van der Waals surface area (Å²) in [5.41, 5.74) is 0.408. The standard InChI is InChI=1S/C20H30N4O4/c1-20(2,3)28-18(25)22-15-5-4-10-23(13-15)16-8-9-17(21-11-16)24(19(26)27)12-14-6-7-14/h8-9,11,14-15H,4-7,10,12-13H2,1-3H3,(H,22,25)(H,26,27)/t15-/m0/s1. The molecule has 2 aliphatic rings. The molecule has 28 heavy (non-hydrogen) atoms. The summed E-state index contributed by atoms with van der Waals surface area (Å²) in [6.45, 7) is 7.58. The Balaban J connectivity index is 1.59. The molecule has 0 unspecified atom stereocenters. The van der Waals surface area contributed by atoms with Crippen molar-refractivity contribution < 1.29 is 19.4 Å². The van der Waals surface area contributed by atoms with Gasteiger partial charge in [0.2, 0.25) is 0 Å². The number of rotatable bonds is 5. The Morgan fingerprint density at radius 3 is 2.64 bits per heavy atom. The number of anilines is 2. The highest BCUT2D eigenvalue weighted by molar-refractivity contribution is 5.84. The van der Waals surface area contributed by atoms with Crippen molar-refractivity contribution in [2.45, 2.75) is 58.1 Å². The maximum atomic E-state index is 12.0. The fourth-order valence-corrected chi connectivity index (χ4v) is 3.36. The molecule has 0 spiro atoms. The number of ether oxygens (including phenoxy) is 1. The van der Waals surface area contributed by atoms with Gasteiger partial charge in [-0.05, 0) is 64.5 Å². The van der Waals surface area contributed by atoms with Gasteiger partial charge in [0.15, 0.2) is 0 Å². The number of hydrogen-bond donors (Lipinski definition) is 2. The van der Waals surface area contributed by atoms with Crippen LogP contribution < -0.4 is 15.1 Å². The number of carbonyl (C=O) groups excluding carboxylic acids is 1. The number of aromatic nitrogens is 1. The summed E-state index contributed by atoms with van der Waals surface area (Å²) in [7, 11) is 0. The van der Waals surface area contributed by atoms with Gasteiger partial charge in [-0.3, -0.25) is 4.90 Å². The first kappa shape index (κ1) is 20.2. The molecule has 8 heteroatoms. The zero-order chi connectivity index (χ0) is 20.3. The van der Waals surface area contributed by atoms with E-state index in [0.29, 0.717) is 24.8 Å². The zero-order valence-electron chi connectivity index (χ0n) is 16.9.